The fourth-order valence-electron chi connectivity index (χ4n) is 2.46. The van der Waals surface area contributed by atoms with Gasteiger partial charge in [-0.25, -0.2) is 0 Å². The minimum absolute atomic E-state index is 0.00909. The van der Waals surface area contributed by atoms with E-state index in [2.05, 4.69) is 5.32 Å². The van der Waals surface area contributed by atoms with Crippen LogP contribution in [0.3, 0.4) is 0 Å². The molecule has 6 nitrogen and oxygen atoms in total. The Morgan fingerprint density at radius 1 is 1.52 bits per heavy atom. The molecule has 1 aromatic rings. The second kappa shape index (κ2) is 6.60. The van der Waals surface area contributed by atoms with Crippen LogP contribution in [0.5, 0.6) is 0 Å². The van der Waals surface area contributed by atoms with E-state index in [9.17, 15) is 14.9 Å². The van der Waals surface area contributed by atoms with Crippen LogP contribution in [-0.2, 0) is 0 Å². The van der Waals surface area contributed by atoms with Crippen LogP contribution >= 0.6 is 23.2 Å². The molecule has 1 aliphatic heterocycles. The third-order valence-corrected chi connectivity index (χ3v) is 4.33. The molecule has 0 saturated carbocycles. The summed E-state index contributed by atoms with van der Waals surface area (Å²) >= 11 is 12.0. The summed E-state index contributed by atoms with van der Waals surface area (Å²) < 4.78 is 0. The molecule has 0 radical (unpaired) electrons. The van der Waals surface area contributed by atoms with Crippen LogP contribution in [0.2, 0.25) is 10.0 Å². The van der Waals surface area contributed by atoms with Crippen molar-refractivity contribution in [1.82, 2.24) is 10.2 Å². The Morgan fingerprint density at radius 3 is 2.76 bits per heavy atom. The Balaban J connectivity index is 2.39. The average Bonchev–Trinajstić information content (AvgIpc) is 2.96. The van der Waals surface area contributed by atoms with Crippen molar-refractivity contribution in [3.8, 4) is 0 Å². The quantitative estimate of drug-likeness (QED) is 0.679. The van der Waals surface area contributed by atoms with Crippen LogP contribution in [-0.4, -0.2) is 41.4 Å². The number of carbonyl (C=O) groups is 1. The number of nitrogens with zero attached hydrogens (tertiary/aromatic N) is 2. The summed E-state index contributed by atoms with van der Waals surface area (Å²) in [7, 11) is 0. The SMILES string of the molecule is CCN(C(=O)c1cc([N+](=O)[O-])cc(Cl)c1Cl)C1CCNC1. The summed E-state index contributed by atoms with van der Waals surface area (Å²) in [4.78, 5) is 24.6. The molecular weight excluding hydrogens is 317 g/mol. The predicted octanol–water partition coefficient (Wildman–Crippen LogP) is 2.73. The van der Waals surface area contributed by atoms with Gasteiger partial charge >= 0.3 is 0 Å². The van der Waals surface area contributed by atoms with Crippen LogP contribution in [0.1, 0.15) is 23.7 Å². The van der Waals surface area contributed by atoms with Crippen LogP contribution < -0.4 is 5.32 Å². The molecule has 8 heteroatoms. The van der Waals surface area contributed by atoms with E-state index in [0.717, 1.165) is 19.0 Å². The molecule has 1 amide bonds. The molecule has 21 heavy (non-hydrogen) atoms. The van der Waals surface area contributed by atoms with Gasteiger partial charge in [-0.1, -0.05) is 23.2 Å². The fourth-order valence-corrected chi connectivity index (χ4v) is 2.87. The van der Waals surface area contributed by atoms with E-state index in [1.54, 1.807) is 4.90 Å². The Morgan fingerprint density at radius 2 is 2.24 bits per heavy atom. The Labute approximate surface area is 132 Å². The van der Waals surface area contributed by atoms with Crippen molar-refractivity contribution in [2.45, 2.75) is 19.4 Å². The van der Waals surface area contributed by atoms with Gasteiger partial charge < -0.3 is 10.2 Å². The predicted molar refractivity (Wildman–Crippen MR) is 81.1 cm³/mol. The maximum absolute atomic E-state index is 12.6. The van der Waals surface area contributed by atoms with Crippen molar-refractivity contribution >= 4 is 34.8 Å². The molecule has 1 aromatic carbocycles. The standard InChI is InChI=1S/C13H15Cl2N3O3/c1-2-17(8-3-4-16-7-8)13(19)10-5-9(18(20)21)6-11(14)12(10)15/h5-6,8,16H,2-4,7H2,1H3. The minimum atomic E-state index is -0.591. The minimum Gasteiger partial charge on any atom is -0.335 e. The van der Waals surface area contributed by atoms with E-state index in [4.69, 9.17) is 23.2 Å². The lowest BCUT2D eigenvalue weighted by Gasteiger charge is -2.27. The number of benzene rings is 1. The zero-order valence-corrected chi connectivity index (χ0v) is 12.9. The van der Waals surface area contributed by atoms with Gasteiger partial charge in [0.15, 0.2) is 0 Å². The number of likely N-dealkylation sites (N-methyl/N-ethyl adjacent to an activating group) is 1. The summed E-state index contributed by atoms with van der Waals surface area (Å²) in [6.07, 6.45) is 0.847. The van der Waals surface area contributed by atoms with Gasteiger partial charge in [-0.2, -0.15) is 0 Å². The average molecular weight is 332 g/mol. The van der Waals surface area contributed by atoms with Crippen molar-refractivity contribution in [1.29, 1.82) is 0 Å². The zero-order chi connectivity index (χ0) is 15.6. The molecule has 1 unspecified atom stereocenters. The molecule has 1 atom stereocenters. The zero-order valence-electron chi connectivity index (χ0n) is 11.4. The van der Waals surface area contributed by atoms with Gasteiger partial charge in [0.2, 0.25) is 0 Å². The highest BCUT2D eigenvalue weighted by atomic mass is 35.5. The van der Waals surface area contributed by atoms with Gasteiger partial charge in [-0.05, 0) is 19.9 Å². The van der Waals surface area contributed by atoms with E-state index in [0.29, 0.717) is 13.1 Å². The van der Waals surface area contributed by atoms with Gasteiger partial charge in [0, 0.05) is 31.3 Å². The molecule has 114 valence electrons. The number of nitrogens with one attached hydrogen (secondary N) is 1. The van der Waals surface area contributed by atoms with Crippen molar-refractivity contribution in [3.63, 3.8) is 0 Å². The highest BCUT2D eigenvalue weighted by molar-refractivity contribution is 6.44. The lowest BCUT2D eigenvalue weighted by atomic mass is 10.1. The number of rotatable bonds is 4. The number of halogens is 2. The normalized spacial score (nSPS) is 17.8. The number of amides is 1. The molecule has 0 aliphatic carbocycles. The highest BCUT2D eigenvalue weighted by Crippen LogP contribution is 2.32. The third-order valence-electron chi connectivity index (χ3n) is 3.53. The first-order valence-electron chi connectivity index (χ1n) is 6.60. The number of nitro groups is 1. The number of hydrogen-bond acceptors (Lipinski definition) is 4. The van der Waals surface area contributed by atoms with E-state index >= 15 is 0 Å². The molecule has 0 bridgehead atoms. The largest absolute Gasteiger partial charge is 0.335 e. The highest BCUT2D eigenvalue weighted by Gasteiger charge is 2.29. The maximum Gasteiger partial charge on any atom is 0.271 e. The summed E-state index contributed by atoms with van der Waals surface area (Å²) in [6, 6.07) is 2.40. The van der Waals surface area contributed by atoms with Crippen molar-refractivity contribution in [3.05, 3.63) is 37.9 Å². The van der Waals surface area contributed by atoms with Crippen LogP contribution in [0.4, 0.5) is 5.69 Å². The number of nitro benzene ring substituents is 1. The first-order chi connectivity index (χ1) is 9.95. The topological polar surface area (TPSA) is 75.5 Å². The molecule has 1 saturated heterocycles. The summed E-state index contributed by atoms with van der Waals surface area (Å²) in [5.41, 5.74) is -0.169. The molecule has 1 aliphatic rings. The molecular formula is C13H15Cl2N3O3. The van der Waals surface area contributed by atoms with Crippen molar-refractivity contribution in [2.24, 2.45) is 0 Å². The smallest absolute Gasteiger partial charge is 0.271 e. The third kappa shape index (κ3) is 3.28. The van der Waals surface area contributed by atoms with Gasteiger partial charge in [0.05, 0.1) is 20.5 Å². The van der Waals surface area contributed by atoms with Crippen molar-refractivity contribution in [2.75, 3.05) is 19.6 Å². The molecule has 0 aromatic heterocycles. The second-order valence-electron chi connectivity index (χ2n) is 4.78. The first-order valence-corrected chi connectivity index (χ1v) is 7.36. The second-order valence-corrected chi connectivity index (χ2v) is 5.57. The molecule has 0 spiro atoms. The Kier molecular flexibility index (Phi) is 5.03. The summed E-state index contributed by atoms with van der Waals surface area (Å²) in [5.74, 6) is -0.332. The number of carbonyl (C=O) groups excluding carboxylic acids is 1. The first kappa shape index (κ1) is 16.0. The van der Waals surface area contributed by atoms with E-state index in [-0.39, 0.29) is 33.2 Å². The molecule has 2 rings (SSSR count). The Bertz CT molecular complexity index is 574. The van der Waals surface area contributed by atoms with Crippen LogP contribution in [0, 0.1) is 10.1 Å². The van der Waals surface area contributed by atoms with Gasteiger partial charge in [-0.3, -0.25) is 14.9 Å². The maximum atomic E-state index is 12.6. The monoisotopic (exact) mass is 331 g/mol. The number of hydrogen-bond donors (Lipinski definition) is 1. The van der Waals surface area contributed by atoms with E-state index in [1.807, 2.05) is 6.92 Å². The van der Waals surface area contributed by atoms with Gasteiger partial charge in [0.25, 0.3) is 11.6 Å². The van der Waals surface area contributed by atoms with Crippen molar-refractivity contribution < 1.29 is 9.72 Å². The van der Waals surface area contributed by atoms with Gasteiger partial charge in [0.1, 0.15) is 0 Å². The number of non-ortho nitro benzene ring substituents is 1. The van der Waals surface area contributed by atoms with Gasteiger partial charge in [-0.15, -0.1) is 0 Å². The summed E-state index contributed by atoms with van der Waals surface area (Å²) in [6.45, 7) is 3.92. The molecule has 1 fully saturated rings. The Hall–Kier alpha value is -1.37. The van der Waals surface area contributed by atoms with E-state index < -0.39 is 4.92 Å². The van der Waals surface area contributed by atoms with E-state index in [1.165, 1.54) is 6.07 Å². The molecule has 1 heterocycles. The molecule has 1 N–H and O–H groups in total. The lowest BCUT2D eigenvalue weighted by molar-refractivity contribution is -0.384. The van der Waals surface area contributed by atoms with Crippen LogP contribution in [0.15, 0.2) is 12.1 Å². The fraction of sp³-hybridized carbons (Fsp3) is 0.462. The lowest BCUT2D eigenvalue weighted by Crippen LogP contribution is -2.41. The van der Waals surface area contributed by atoms with Crippen LogP contribution in [0.25, 0.3) is 0 Å². The summed E-state index contributed by atoms with van der Waals surface area (Å²) in [5, 5.41) is 14.2.